The molecule has 16 heavy (non-hydrogen) atoms. The number of ketones is 1. The third-order valence-electron chi connectivity index (χ3n) is 2.33. The molecule has 0 unspecified atom stereocenters. The number of rotatable bonds is 3. The average Bonchev–Trinajstić information content (AvgIpc) is 2.60. The highest BCUT2D eigenvalue weighted by Crippen LogP contribution is 2.03. The van der Waals surface area contributed by atoms with E-state index >= 15 is 0 Å². The fourth-order valence-electron chi connectivity index (χ4n) is 1.32. The first-order chi connectivity index (χ1) is 7.58. The summed E-state index contributed by atoms with van der Waals surface area (Å²) in [4.78, 5) is 22.8. The van der Waals surface area contributed by atoms with Gasteiger partial charge in [0.1, 0.15) is 5.78 Å². The van der Waals surface area contributed by atoms with Crippen molar-refractivity contribution in [2.45, 2.75) is 20.3 Å². The summed E-state index contributed by atoms with van der Waals surface area (Å²) in [6, 6.07) is 3.36. The Morgan fingerprint density at radius 1 is 1.50 bits per heavy atom. The van der Waals surface area contributed by atoms with Crippen LogP contribution in [0.5, 0.6) is 0 Å². The first kappa shape index (κ1) is 10.5. The Morgan fingerprint density at radius 3 is 2.94 bits per heavy atom. The number of aromatic nitrogens is 4. The molecule has 0 spiro atoms. The van der Waals surface area contributed by atoms with Crippen molar-refractivity contribution in [2.75, 3.05) is 0 Å². The van der Waals surface area contributed by atoms with E-state index in [1.165, 1.54) is 0 Å². The molecule has 84 valence electrons. The van der Waals surface area contributed by atoms with Gasteiger partial charge >= 0.3 is 5.69 Å². The number of hydrogen-bond donors (Lipinski definition) is 1. The van der Waals surface area contributed by atoms with Crippen molar-refractivity contribution >= 4 is 11.4 Å². The lowest BCUT2D eigenvalue weighted by Crippen LogP contribution is -2.16. The Bertz CT molecular complexity index is 582. The lowest BCUT2D eigenvalue weighted by molar-refractivity contribution is -0.121. The Balaban J connectivity index is 2.36. The molecule has 0 saturated heterocycles. The molecule has 0 amide bonds. The molecule has 6 heteroatoms. The molecule has 0 radical (unpaired) electrons. The summed E-state index contributed by atoms with van der Waals surface area (Å²) in [6.45, 7) is 3.68. The molecule has 2 rings (SSSR count). The topological polar surface area (TPSA) is 80.1 Å². The van der Waals surface area contributed by atoms with Crippen molar-refractivity contribution in [3.05, 3.63) is 28.3 Å². The maximum atomic E-state index is 11.5. The fourth-order valence-corrected chi connectivity index (χ4v) is 1.32. The van der Waals surface area contributed by atoms with E-state index in [0.717, 1.165) is 4.52 Å². The molecular formula is C10H12N4O2. The molecule has 2 aromatic heterocycles. The molecule has 6 nitrogen and oxygen atoms in total. The third kappa shape index (κ3) is 1.86. The Morgan fingerprint density at radius 2 is 2.25 bits per heavy atom. The van der Waals surface area contributed by atoms with E-state index in [1.807, 2.05) is 13.8 Å². The average molecular weight is 220 g/mol. The maximum Gasteiger partial charge on any atom is 0.364 e. The lowest BCUT2D eigenvalue weighted by atomic mass is 10.0. The van der Waals surface area contributed by atoms with Crippen LogP contribution in [0.4, 0.5) is 0 Å². The normalized spacial score (nSPS) is 11.2. The zero-order chi connectivity index (χ0) is 11.7. The van der Waals surface area contributed by atoms with Crippen LogP contribution in [0.1, 0.15) is 19.5 Å². The van der Waals surface area contributed by atoms with E-state index in [0.29, 0.717) is 11.3 Å². The van der Waals surface area contributed by atoms with E-state index in [2.05, 4.69) is 15.3 Å². The minimum absolute atomic E-state index is 0.0291. The van der Waals surface area contributed by atoms with Gasteiger partial charge in [0.05, 0.1) is 12.1 Å². The molecule has 0 atom stereocenters. The Kier molecular flexibility index (Phi) is 2.55. The number of hydrogen-bond acceptors (Lipinski definition) is 4. The number of fused-ring (bicyclic) bond motifs is 1. The Labute approximate surface area is 91.3 Å². The number of nitrogens with zero attached hydrogens (tertiary/aromatic N) is 3. The van der Waals surface area contributed by atoms with E-state index in [-0.39, 0.29) is 18.1 Å². The number of H-pyrrole nitrogens is 1. The van der Waals surface area contributed by atoms with Crippen LogP contribution in [0.15, 0.2) is 16.9 Å². The summed E-state index contributed by atoms with van der Waals surface area (Å²) in [5.41, 5.74) is 0.634. The van der Waals surface area contributed by atoms with Crippen LogP contribution in [0, 0.1) is 5.92 Å². The molecule has 2 aromatic rings. The summed E-state index contributed by atoms with van der Waals surface area (Å²) in [5, 5.41) is 10.1. The molecule has 0 aliphatic carbocycles. The second-order valence-corrected chi connectivity index (χ2v) is 3.92. The molecule has 2 heterocycles. The van der Waals surface area contributed by atoms with Crippen LogP contribution >= 0.6 is 0 Å². The monoisotopic (exact) mass is 220 g/mol. The van der Waals surface area contributed by atoms with Crippen LogP contribution in [0.25, 0.3) is 5.65 Å². The molecule has 0 bridgehead atoms. The van der Waals surface area contributed by atoms with Crippen molar-refractivity contribution < 1.29 is 4.79 Å². The summed E-state index contributed by atoms with van der Waals surface area (Å²) in [5.74, 6) is 0.0713. The van der Waals surface area contributed by atoms with Crippen molar-refractivity contribution in [1.29, 1.82) is 0 Å². The van der Waals surface area contributed by atoms with Crippen LogP contribution in [-0.2, 0) is 11.2 Å². The second kappa shape index (κ2) is 3.88. The summed E-state index contributed by atoms with van der Waals surface area (Å²) in [6.07, 6.45) is 0.241. The van der Waals surface area contributed by atoms with Gasteiger partial charge in [0.15, 0.2) is 5.65 Å². The molecule has 0 aliphatic rings. The molecule has 0 saturated carbocycles. The van der Waals surface area contributed by atoms with Crippen LogP contribution < -0.4 is 5.69 Å². The number of Topliss-reactive ketones (excluding diaryl/α,β-unsaturated/α-hetero) is 1. The summed E-state index contributed by atoms with van der Waals surface area (Å²) < 4.78 is 1.16. The van der Waals surface area contributed by atoms with E-state index in [9.17, 15) is 9.59 Å². The second-order valence-electron chi connectivity index (χ2n) is 3.92. The van der Waals surface area contributed by atoms with E-state index in [1.54, 1.807) is 12.1 Å². The van der Waals surface area contributed by atoms with Gasteiger partial charge in [-0.3, -0.25) is 4.79 Å². The minimum Gasteiger partial charge on any atom is -0.299 e. The van der Waals surface area contributed by atoms with Crippen molar-refractivity contribution in [3.8, 4) is 0 Å². The highest BCUT2D eigenvalue weighted by atomic mass is 16.2. The van der Waals surface area contributed by atoms with Gasteiger partial charge in [-0.1, -0.05) is 13.8 Å². The predicted molar refractivity (Wildman–Crippen MR) is 57.2 cm³/mol. The van der Waals surface area contributed by atoms with Gasteiger partial charge in [0, 0.05) is 5.92 Å². The van der Waals surface area contributed by atoms with Crippen LogP contribution in [0.2, 0.25) is 0 Å². The van der Waals surface area contributed by atoms with Crippen molar-refractivity contribution in [1.82, 2.24) is 19.8 Å². The highest BCUT2D eigenvalue weighted by Gasteiger charge is 2.10. The maximum absolute atomic E-state index is 11.5. The summed E-state index contributed by atoms with van der Waals surface area (Å²) >= 11 is 0. The number of aromatic amines is 1. The highest BCUT2D eigenvalue weighted by molar-refractivity contribution is 5.82. The molecule has 0 aromatic carbocycles. The lowest BCUT2D eigenvalue weighted by Gasteiger charge is -2.02. The Hall–Kier alpha value is -1.98. The molecule has 1 N–H and O–H groups in total. The molecule has 0 fully saturated rings. The van der Waals surface area contributed by atoms with Gasteiger partial charge in [-0.15, -0.1) is 0 Å². The van der Waals surface area contributed by atoms with Gasteiger partial charge in [-0.2, -0.15) is 14.7 Å². The van der Waals surface area contributed by atoms with Crippen LogP contribution in [-0.4, -0.2) is 25.6 Å². The number of nitrogens with one attached hydrogen (secondary N) is 1. The van der Waals surface area contributed by atoms with Crippen molar-refractivity contribution in [3.63, 3.8) is 0 Å². The van der Waals surface area contributed by atoms with Gasteiger partial charge in [-0.05, 0) is 12.1 Å². The zero-order valence-corrected chi connectivity index (χ0v) is 9.10. The summed E-state index contributed by atoms with van der Waals surface area (Å²) in [7, 11) is 0. The number of carbonyl (C=O) groups excluding carboxylic acids is 1. The van der Waals surface area contributed by atoms with Gasteiger partial charge < -0.3 is 0 Å². The van der Waals surface area contributed by atoms with Gasteiger partial charge in [-0.25, -0.2) is 9.89 Å². The third-order valence-corrected chi connectivity index (χ3v) is 2.33. The van der Waals surface area contributed by atoms with Gasteiger partial charge in [0.2, 0.25) is 0 Å². The van der Waals surface area contributed by atoms with Gasteiger partial charge in [0.25, 0.3) is 0 Å². The van der Waals surface area contributed by atoms with E-state index < -0.39 is 5.69 Å². The first-order valence-corrected chi connectivity index (χ1v) is 5.04. The SMILES string of the molecule is CC(C)C(=O)Cc1ccc2n[nH]c(=O)n2n1. The predicted octanol–water partition coefficient (Wildman–Crippen LogP) is 0.185. The minimum atomic E-state index is -0.395. The van der Waals surface area contributed by atoms with E-state index in [4.69, 9.17) is 0 Å². The van der Waals surface area contributed by atoms with Crippen molar-refractivity contribution in [2.24, 2.45) is 5.92 Å². The number of carbonyl (C=O) groups is 1. The molecule has 0 aliphatic heterocycles. The standard InChI is InChI=1S/C10H12N4O2/c1-6(2)8(15)5-7-3-4-9-11-12-10(16)14(9)13-7/h3-4,6H,5H2,1-2H3,(H,12,16). The molecular weight excluding hydrogens is 208 g/mol. The smallest absolute Gasteiger partial charge is 0.299 e. The zero-order valence-electron chi connectivity index (χ0n) is 9.10. The largest absolute Gasteiger partial charge is 0.364 e. The first-order valence-electron chi connectivity index (χ1n) is 5.04. The fraction of sp³-hybridized carbons (Fsp3) is 0.400. The quantitative estimate of drug-likeness (QED) is 0.800. The van der Waals surface area contributed by atoms with Crippen LogP contribution in [0.3, 0.4) is 0 Å².